The SMILES string of the molecule is CCCCOCC(O)COc1ccc([C@@H](C)O)cc1OC. The number of aliphatic hydroxyl groups excluding tert-OH is 2. The fourth-order valence-electron chi connectivity index (χ4n) is 1.76. The molecular formula is C16H26O5. The summed E-state index contributed by atoms with van der Waals surface area (Å²) in [5.41, 5.74) is 0.752. The molecule has 0 aromatic heterocycles. The van der Waals surface area contributed by atoms with Crippen molar-refractivity contribution in [3.63, 3.8) is 0 Å². The summed E-state index contributed by atoms with van der Waals surface area (Å²) in [6.45, 7) is 4.82. The van der Waals surface area contributed by atoms with Crippen LogP contribution >= 0.6 is 0 Å². The molecule has 0 saturated carbocycles. The smallest absolute Gasteiger partial charge is 0.161 e. The van der Waals surface area contributed by atoms with Crippen LogP contribution in [0.1, 0.15) is 38.4 Å². The molecule has 0 fully saturated rings. The summed E-state index contributed by atoms with van der Waals surface area (Å²) in [5.74, 6) is 1.07. The Kier molecular flexibility index (Phi) is 8.12. The van der Waals surface area contributed by atoms with Gasteiger partial charge >= 0.3 is 0 Å². The first-order valence-electron chi connectivity index (χ1n) is 7.33. The van der Waals surface area contributed by atoms with E-state index >= 15 is 0 Å². The largest absolute Gasteiger partial charge is 0.493 e. The van der Waals surface area contributed by atoms with Crippen molar-refractivity contribution in [1.29, 1.82) is 0 Å². The number of benzene rings is 1. The monoisotopic (exact) mass is 298 g/mol. The van der Waals surface area contributed by atoms with E-state index in [1.165, 1.54) is 7.11 Å². The first kappa shape index (κ1) is 17.8. The molecule has 0 saturated heterocycles. The van der Waals surface area contributed by atoms with E-state index < -0.39 is 12.2 Å². The minimum atomic E-state index is -0.678. The standard InChI is InChI=1S/C16H26O5/c1-4-5-8-20-10-14(18)11-21-15-7-6-13(12(2)17)9-16(15)19-3/h6-7,9,12,14,17-18H,4-5,8,10-11H2,1-3H3/t12-,14?/m1/s1. The highest BCUT2D eigenvalue weighted by Gasteiger charge is 2.11. The van der Waals surface area contributed by atoms with Gasteiger partial charge in [-0.2, -0.15) is 0 Å². The maximum Gasteiger partial charge on any atom is 0.161 e. The summed E-state index contributed by atoms with van der Waals surface area (Å²) < 4.78 is 16.1. The highest BCUT2D eigenvalue weighted by Crippen LogP contribution is 2.30. The highest BCUT2D eigenvalue weighted by atomic mass is 16.5. The van der Waals surface area contributed by atoms with Crippen molar-refractivity contribution in [1.82, 2.24) is 0 Å². The van der Waals surface area contributed by atoms with E-state index in [-0.39, 0.29) is 13.2 Å². The molecule has 120 valence electrons. The van der Waals surface area contributed by atoms with Gasteiger partial charge in [0.25, 0.3) is 0 Å². The van der Waals surface area contributed by atoms with Crippen molar-refractivity contribution in [2.45, 2.75) is 38.9 Å². The molecule has 5 heteroatoms. The molecule has 5 nitrogen and oxygen atoms in total. The highest BCUT2D eigenvalue weighted by molar-refractivity contribution is 5.43. The van der Waals surface area contributed by atoms with Gasteiger partial charge in [-0.1, -0.05) is 19.4 Å². The van der Waals surface area contributed by atoms with Gasteiger partial charge in [-0.25, -0.2) is 0 Å². The van der Waals surface area contributed by atoms with Crippen LogP contribution in [0.5, 0.6) is 11.5 Å². The van der Waals surface area contributed by atoms with Gasteiger partial charge in [0.05, 0.1) is 19.8 Å². The first-order valence-corrected chi connectivity index (χ1v) is 7.33. The van der Waals surface area contributed by atoms with Gasteiger partial charge in [-0.15, -0.1) is 0 Å². The third kappa shape index (κ3) is 6.33. The number of methoxy groups -OCH3 is 1. The quantitative estimate of drug-likeness (QED) is 0.649. The second kappa shape index (κ2) is 9.60. The summed E-state index contributed by atoms with van der Waals surface area (Å²) in [6.07, 6.45) is 0.815. The van der Waals surface area contributed by atoms with Crippen molar-refractivity contribution in [2.75, 3.05) is 26.9 Å². The van der Waals surface area contributed by atoms with Crippen LogP contribution in [0, 0.1) is 0 Å². The lowest BCUT2D eigenvalue weighted by Crippen LogP contribution is -2.23. The van der Waals surface area contributed by atoms with Crippen molar-refractivity contribution >= 4 is 0 Å². The van der Waals surface area contributed by atoms with E-state index in [0.717, 1.165) is 18.4 Å². The molecule has 1 unspecified atom stereocenters. The van der Waals surface area contributed by atoms with Crippen LogP contribution in [-0.4, -0.2) is 43.2 Å². The second-order valence-electron chi connectivity index (χ2n) is 4.98. The predicted molar refractivity (Wildman–Crippen MR) is 80.9 cm³/mol. The fourth-order valence-corrected chi connectivity index (χ4v) is 1.76. The Morgan fingerprint density at radius 3 is 2.52 bits per heavy atom. The number of ether oxygens (including phenoxy) is 3. The molecule has 0 spiro atoms. The minimum absolute atomic E-state index is 0.135. The summed E-state index contributed by atoms with van der Waals surface area (Å²) in [6, 6.07) is 5.22. The lowest BCUT2D eigenvalue weighted by Gasteiger charge is -2.16. The van der Waals surface area contributed by atoms with Crippen LogP contribution in [0.4, 0.5) is 0 Å². The Balaban J connectivity index is 2.47. The van der Waals surface area contributed by atoms with Gasteiger partial charge in [0.1, 0.15) is 12.7 Å². The molecule has 0 bridgehead atoms. The zero-order valence-electron chi connectivity index (χ0n) is 13.0. The van der Waals surface area contributed by atoms with Crippen molar-refractivity contribution in [3.8, 4) is 11.5 Å². The van der Waals surface area contributed by atoms with Gasteiger partial charge in [0.15, 0.2) is 11.5 Å². The van der Waals surface area contributed by atoms with Crippen LogP contribution in [0.15, 0.2) is 18.2 Å². The first-order chi connectivity index (χ1) is 10.1. The maximum absolute atomic E-state index is 9.79. The molecule has 0 aliphatic heterocycles. The topological polar surface area (TPSA) is 68.2 Å². The average molecular weight is 298 g/mol. The zero-order valence-corrected chi connectivity index (χ0v) is 13.0. The molecular weight excluding hydrogens is 272 g/mol. The Labute approximate surface area is 126 Å². The zero-order chi connectivity index (χ0) is 15.7. The van der Waals surface area contributed by atoms with E-state index in [9.17, 15) is 10.2 Å². The number of hydrogen-bond acceptors (Lipinski definition) is 5. The molecule has 0 radical (unpaired) electrons. The summed E-state index contributed by atoms with van der Waals surface area (Å²) in [7, 11) is 1.54. The lowest BCUT2D eigenvalue weighted by molar-refractivity contribution is 0.0108. The van der Waals surface area contributed by atoms with Crippen LogP contribution < -0.4 is 9.47 Å². The van der Waals surface area contributed by atoms with Crippen LogP contribution in [-0.2, 0) is 4.74 Å². The normalized spacial score (nSPS) is 13.8. The molecule has 1 rings (SSSR count). The third-order valence-electron chi connectivity index (χ3n) is 3.05. The average Bonchev–Trinajstić information content (AvgIpc) is 2.49. The second-order valence-corrected chi connectivity index (χ2v) is 4.98. The van der Waals surface area contributed by atoms with Crippen LogP contribution in [0.3, 0.4) is 0 Å². The summed E-state index contributed by atoms with van der Waals surface area (Å²) in [4.78, 5) is 0. The van der Waals surface area contributed by atoms with Crippen LogP contribution in [0.25, 0.3) is 0 Å². The molecule has 0 aliphatic carbocycles. The third-order valence-corrected chi connectivity index (χ3v) is 3.05. The summed E-state index contributed by atoms with van der Waals surface area (Å²) >= 11 is 0. The van der Waals surface area contributed by atoms with E-state index in [4.69, 9.17) is 14.2 Å². The van der Waals surface area contributed by atoms with Crippen molar-refractivity contribution < 1.29 is 24.4 Å². The molecule has 0 heterocycles. The fraction of sp³-hybridized carbons (Fsp3) is 0.625. The molecule has 2 atom stereocenters. The number of unbranched alkanes of at least 4 members (excludes halogenated alkanes) is 1. The van der Waals surface area contributed by atoms with E-state index in [0.29, 0.717) is 18.1 Å². The van der Waals surface area contributed by atoms with Crippen molar-refractivity contribution in [2.24, 2.45) is 0 Å². The van der Waals surface area contributed by atoms with E-state index in [1.807, 2.05) is 0 Å². The Morgan fingerprint density at radius 2 is 1.90 bits per heavy atom. The maximum atomic E-state index is 9.79. The van der Waals surface area contributed by atoms with Gasteiger partial charge in [-0.05, 0) is 31.0 Å². The number of rotatable bonds is 10. The Hall–Kier alpha value is -1.30. The summed E-state index contributed by atoms with van der Waals surface area (Å²) in [5, 5.41) is 19.3. The number of aliphatic hydroxyl groups is 2. The number of hydrogen-bond donors (Lipinski definition) is 2. The molecule has 0 aliphatic rings. The molecule has 1 aromatic rings. The minimum Gasteiger partial charge on any atom is -0.493 e. The molecule has 0 amide bonds. The lowest BCUT2D eigenvalue weighted by atomic mass is 10.1. The Bertz CT molecular complexity index is 406. The van der Waals surface area contributed by atoms with Gasteiger partial charge in [0, 0.05) is 6.61 Å². The molecule has 1 aromatic carbocycles. The molecule has 2 N–H and O–H groups in total. The Morgan fingerprint density at radius 1 is 1.14 bits per heavy atom. The van der Waals surface area contributed by atoms with Gasteiger partial charge in [0.2, 0.25) is 0 Å². The van der Waals surface area contributed by atoms with Crippen LogP contribution in [0.2, 0.25) is 0 Å². The van der Waals surface area contributed by atoms with E-state index in [1.54, 1.807) is 25.1 Å². The molecule has 21 heavy (non-hydrogen) atoms. The van der Waals surface area contributed by atoms with Gasteiger partial charge < -0.3 is 24.4 Å². The van der Waals surface area contributed by atoms with Gasteiger partial charge in [-0.3, -0.25) is 0 Å². The van der Waals surface area contributed by atoms with Crippen molar-refractivity contribution in [3.05, 3.63) is 23.8 Å². The van der Waals surface area contributed by atoms with E-state index in [2.05, 4.69) is 6.92 Å². The predicted octanol–water partition coefficient (Wildman–Crippen LogP) is 2.30.